The quantitative estimate of drug-likeness (QED) is 0.203. The zero-order valence-corrected chi connectivity index (χ0v) is 19.8. The van der Waals surface area contributed by atoms with E-state index < -0.39 is 0 Å². The normalized spacial score (nSPS) is 10.9. The van der Waals surface area contributed by atoms with Gasteiger partial charge in [0.15, 0.2) is 16.8 Å². The summed E-state index contributed by atoms with van der Waals surface area (Å²) in [5.74, 6) is 1.61. The lowest BCUT2D eigenvalue weighted by Gasteiger charge is -2.11. The number of rotatable bonds is 10. The number of methoxy groups -OCH3 is 1. The average Bonchev–Trinajstić information content (AvgIpc) is 3.51. The topological polar surface area (TPSA) is 57.0 Å². The fourth-order valence-corrected chi connectivity index (χ4v) is 4.97. The molecule has 2 heterocycles. The molecular weight excluding hydrogens is 438 g/mol. The third-order valence-electron chi connectivity index (χ3n) is 5.13. The molecule has 0 saturated carbocycles. The van der Waals surface area contributed by atoms with Gasteiger partial charge in [0.25, 0.3) is 0 Å². The molecule has 32 heavy (non-hydrogen) atoms. The number of aromatic nitrogens is 3. The number of Topliss-reactive ketones (excluding diaryl/α,β-unsaturated/α-hetero) is 1. The number of ketones is 1. The third kappa shape index (κ3) is 4.95. The van der Waals surface area contributed by atoms with Crippen LogP contribution in [0.15, 0.2) is 71.2 Å². The predicted molar refractivity (Wildman–Crippen MR) is 131 cm³/mol. The first-order valence-corrected chi connectivity index (χ1v) is 12.5. The van der Waals surface area contributed by atoms with E-state index in [0.29, 0.717) is 16.5 Å². The van der Waals surface area contributed by atoms with Gasteiger partial charge in [-0.25, -0.2) is 0 Å². The summed E-state index contributed by atoms with van der Waals surface area (Å²) in [4.78, 5) is 13.9. The molecule has 5 nitrogen and oxygen atoms in total. The van der Waals surface area contributed by atoms with Gasteiger partial charge in [0.05, 0.1) is 23.3 Å². The Hall–Kier alpha value is -2.90. The van der Waals surface area contributed by atoms with Crippen molar-refractivity contribution in [1.82, 2.24) is 14.8 Å². The molecule has 0 aliphatic heterocycles. The van der Waals surface area contributed by atoms with Crippen LogP contribution < -0.4 is 4.74 Å². The number of para-hydroxylation sites is 1. The monoisotopic (exact) mass is 463 g/mol. The largest absolute Gasteiger partial charge is 0.496 e. The van der Waals surface area contributed by atoms with Crippen molar-refractivity contribution in [1.29, 1.82) is 0 Å². The second kappa shape index (κ2) is 10.6. The van der Waals surface area contributed by atoms with Crippen LogP contribution in [0.1, 0.15) is 35.7 Å². The van der Waals surface area contributed by atoms with Crippen molar-refractivity contribution >= 4 is 28.9 Å². The Morgan fingerprint density at radius 3 is 2.59 bits per heavy atom. The van der Waals surface area contributed by atoms with Crippen molar-refractivity contribution in [3.63, 3.8) is 0 Å². The van der Waals surface area contributed by atoms with Gasteiger partial charge in [-0.2, -0.15) is 0 Å². The van der Waals surface area contributed by atoms with E-state index in [2.05, 4.69) is 41.4 Å². The van der Waals surface area contributed by atoms with Gasteiger partial charge in [-0.05, 0) is 54.1 Å². The molecule has 0 N–H and O–H groups in total. The number of benzene rings is 2. The lowest BCUT2D eigenvalue weighted by molar-refractivity contribution is 0.101. The molecule has 0 bridgehead atoms. The van der Waals surface area contributed by atoms with Gasteiger partial charge in [0, 0.05) is 5.69 Å². The fourth-order valence-electron chi connectivity index (χ4n) is 3.44. The van der Waals surface area contributed by atoms with Gasteiger partial charge in [0.2, 0.25) is 0 Å². The minimum Gasteiger partial charge on any atom is -0.496 e. The number of carbonyl (C=O) groups excluding carboxylic acids is 1. The fraction of sp³-hybridized carbons (Fsp3) is 0.240. The molecule has 0 aliphatic carbocycles. The Morgan fingerprint density at radius 1 is 1.06 bits per heavy atom. The van der Waals surface area contributed by atoms with E-state index in [9.17, 15) is 4.79 Å². The highest BCUT2D eigenvalue weighted by atomic mass is 32.2. The Labute approximate surface area is 196 Å². The second-order valence-electron chi connectivity index (χ2n) is 7.30. The molecule has 0 fully saturated rings. The van der Waals surface area contributed by atoms with Gasteiger partial charge in [-0.1, -0.05) is 55.4 Å². The summed E-state index contributed by atoms with van der Waals surface area (Å²) in [7, 11) is 1.58. The van der Waals surface area contributed by atoms with Crippen molar-refractivity contribution < 1.29 is 9.53 Å². The minimum atomic E-state index is -0.00501. The Balaban J connectivity index is 1.62. The lowest BCUT2D eigenvalue weighted by atomic mass is 10.1. The van der Waals surface area contributed by atoms with Crippen LogP contribution in [0.5, 0.6) is 5.75 Å². The molecule has 7 heteroatoms. The maximum Gasteiger partial charge on any atom is 0.196 e. The van der Waals surface area contributed by atoms with Crippen LogP contribution in [0, 0.1) is 0 Å². The molecule has 0 aliphatic rings. The smallest absolute Gasteiger partial charge is 0.196 e. The van der Waals surface area contributed by atoms with Crippen molar-refractivity contribution in [2.75, 3.05) is 12.9 Å². The SMILES string of the molecule is CCCCc1ccc(-n2c(SCC(=O)c3ccccc3OC)nnc2-c2cccs2)cc1. The minimum absolute atomic E-state index is 0.00501. The number of ether oxygens (including phenoxy) is 1. The average molecular weight is 464 g/mol. The molecule has 4 rings (SSSR count). The molecule has 0 amide bonds. The standard InChI is InChI=1S/C25H25N3O2S2/c1-3-4-8-18-12-14-19(15-13-18)28-24(23-11-7-16-31-23)26-27-25(28)32-17-21(29)20-9-5-6-10-22(20)30-2/h5-7,9-16H,3-4,8,17H2,1-2H3. The number of hydrogen-bond donors (Lipinski definition) is 0. The van der Waals surface area contributed by atoms with E-state index in [0.717, 1.165) is 22.8 Å². The maximum absolute atomic E-state index is 12.9. The molecule has 0 spiro atoms. The Bertz CT molecular complexity index is 1170. The first-order valence-electron chi connectivity index (χ1n) is 10.6. The molecule has 4 aromatic rings. The predicted octanol–water partition coefficient (Wildman–Crippen LogP) is 6.32. The number of thioether (sulfide) groups is 1. The number of nitrogens with zero attached hydrogens (tertiary/aromatic N) is 3. The summed E-state index contributed by atoms with van der Waals surface area (Å²) >= 11 is 3.01. The van der Waals surface area contributed by atoms with Crippen LogP contribution in [0.2, 0.25) is 0 Å². The molecule has 0 radical (unpaired) electrons. The van der Waals surface area contributed by atoms with E-state index in [1.165, 1.54) is 30.2 Å². The van der Waals surface area contributed by atoms with Gasteiger partial charge in [0.1, 0.15) is 5.75 Å². The summed E-state index contributed by atoms with van der Waals surface area (Å²) in [5.41, 5.74) is 2.89. The first kappa shape index (κ1) is 22.3. The van der Waals surface area contributed by atoms with Crippen LogP contribution in [0.4, 0.5) is 0 Å². The maximum atomic E-state index is 12.9. The number of unbranched alkanes of at least 4 members (excludes halogenated alkanes) is 1. The summed E-state index contributed by atoms with van der Waals surface area (Å²) < 4.78 is 7.38. The lowest BCUT2D eigenvalue weighted by Crippen LogP contribution is -2.06. The van der Waals surface area contributed by atoms with E-state index in [1.54, 1.807) is 30.6 Å². The summed E-state index contributed by atoms with van der Waals surface area (Å²) in [6.45, 7) is 2.20. The highest BCUT2D eigenvalue weighted by Gasteiger charge is 2.19. The van der Waals surface area contributed by atoms with Gasteiger partial charge in [-0.3, -0.25) is 9.36 Å². The summed E-state index contributed by atoms with van der Waals surface area (Å²) in [6, 6.07) is 19.9. The molecule has 164 valence electrons. The van der Waals surface area contributed by atoms with Crippen molar-refractivity contribution in [2.24, 2.45) is 0 Å². The summed E-state index contributed by atoms with van der Waals surface area (Å²) in [6.07, 6.45) is 3.43. The van der Waals surface area contributed by atoms with E-state index in [1.807, 2.05) is 34.2 Å². The van der Waals surface area contributed by atoms with Crippen LogP contribution in [0.3, 0.4) is 0 Å². The zero-order valence-electron chi connectivity index (χ0n) is 18.2. The van der Waals surface area contributed by atoms with Gasteiger partial charge in [-0.15, -0.1) is 21.5 Å². The second-order valence-corrected chi connectivity index (χ2v) is 9.19. The molecule has 2 aromatic carbocycles. The Morgan fingerprint density at radius 2 is 1.88 bits per heavy atom. The van der Waals surface area contributed by atoms with Crippen LogP contribution in [0.25, 0.3) is 16.4 Å². The van der Waals surface area contributed by atoms with Crippen molar-refractivity contribution in [3.8, 4) is 22.1 Å². The van der Waals surface area contributed by atoms with Crippen LogP contribution in [-0.2, 0) is 6.42 Å². The number of carbonyl (C=O) groups is 1. The molecule has 2 aromatic heterocycles. The van der Waals surface area contributed by atoms with Gasteiger partial charge >= 0.3 is 0 Å². The van der Waals surface area contributed by atoms with Crippen LogP contribution in [-0.4, -0.2) is 33.4 Å². The van der Waals surface area contributed by atoms with Crippen LogP contribution >= 0.6 is 23.1 Å². The van der Waals surface area contributed by atoms with E-state index in [-0.39, 0.29) is 11.5 Å². The van der Waals surface area contributed by atoms with Crippen molar-refractivity contribution in [2.45, 2.75) is 31.3 Å². The summed E-state index contributed by atoms with van der Waals surface area (Å²) in [5, 5.41) is 11.6. The Kier molecular flexibility index (Phi) is 7.39. The van der Waals surface area contributed by atoms with Gasteiger partial charge < -0.3 is 4.74 Å². The first-order chi connectivity index (χ1) is 15.7. The van der Waals surface area contributed by atoms with E-state index >= 15 is 0 Å². The third-order valence-corrected chi connectivity index (χ3v) is 6.92. The number of aryl methyl sites for hydroxylation is 1. The van der Waals surface area contributed by atoms with Crippen molar-refractivity contribution in [3.05, 3.63) is 77.2 Å². The molecule has 0 saturated heterocycles. The molecule has 0 unspecified atom stereocenters. The highest BCUT2D eigenvalue weighted by Crippen LogP contribution is 2.31. The molecular formula is C25H25N3O2S2. The molecule has 0 atom stereocenters. The number of hydrogen-bond acceptors (Lipinski definition) is 6. The zero-order chi connectivity index (χ0) is 22.3. The van der Waals surface area contributed by atoms with E-state index in [4.69, 9.17) is 4.74 Å². The highest BCUT2D eigenvalue weighted by molar-refractivity contribution is 7.99. The number of thiophene rings is 1.